The zero-order valence-corrected chi connectivity index (χ0v) is 10.7. The van der Waals surface area contributed by atoms with E-state index in [0.717, 1.165) is 17.9 Å². The molecule has 17 heavy (non-hydrogen) atoms. The first-order chi connectivity index (χ1) is 8.13. The third-order valence-electron chi connectivity index (χ3n) is 2.30. The van der Waals surface area contributed by atoms with Gasteiger partial charge in [0.05, 0.1) is 13.7 Å². The van der Waals surface area contributed by atoms with E-state index in [9.17, 15) is 0 Å². The number of benzene rings is 1. The molecule has 1 aromatic carbocycles. The zero-order chi connectivity index (χ0) is 12.7. The molecule has 0 aliphatic rings. The molecule has 0 saturated carbocycles. The molecule has 4 heteroatoms. The van der Waals surface area contributed by atoms with Crippen molar-refractivity contribution in [3.05, 3.63) is 29.8 Å². The number of ether oxygens (including phenoxy) is 1. The SMILES string of the molecule is COc1ccccc1CN=C(N)NCC(C)C. The van der Waals surface area contributed by atoms with E-state index < -0.39 is 0 Å². The average Bonchev–Trinajstić information content (AvgIpc) is 2.34. The number of nitrogens with two attached hydrogens (primary N) is 1. The van der Waals surface area contributed by atoms with Crippen molar-refractivity contribution in [2.24, 2.45) is 16.6 Å². The smallest absolute Gasteiger partial charge is 0.188 e. The molecular weight excluding hydrogens is 214 g/mol. The molecule has 0 amide bonds. The van der Waals surface area contributed by atoms with Crippen LogP contribution in [0.4, 0.5) is 0 Å². The maximum absolute atomic E-state index is 5.76. The molecule has 1 aromatic rings. The number of guanidine groups is 1. The first-order valence-corrected chi connectivity index (χ1v) is 5.79. The van der Waals surface area contributed by atoms with Crippen molar-refractivity contribution >= 4 is 5.96 Å². The van der Waals surface area contributed by atoms with Gasteiger partial charge in [-0.1, -0.05) is 32.0 Å². The fraction of sp³-hybridized carbons (Fsp3) is 0.462. The number of para-hydroxylation sites is 1. The molecule has 0 aromatic heterocycles. The van der Waals surface area contributed by atoms with Gasteiger partial charge >= 0.3 is 0 Å². The summed E-state index contributed by atoms with van der Waals surface area (Å²) in [5, 5.41) is 3.08. The van der Waals surface area contributed by atoms with E-state index >= 15 is 0 Å². The van der Waals surface area contributed by atoms with E-state index in [-0.39, 0.29) is 0 Å². The lowest BCUT2D eigenvalue weighted by Gasteiger charge is -2.09. The lowest BCUT2D eigenvalue weighted by Crippen LogP contribution is -2.34. The van der Waals surface area contributed by atoms with Crippen LogP contribution < -0.4 is 15.8 Å². The van der Waals surface area contributed by atoms with E-state index in [1.807, 2.05) is 24.3 Å². The lowest BCUT2D eigenvalue weighted by molar-refractivity contribution is 0.410. The molecule has 0 spiro atoms. The van der Waals surface area contributed by atoms with Gasteiger partial charge in [0.1, 0.15) is 5.75 Å². The standard InChI is InChI=1S/C13H21N3O/c1-10(2)8-15-13(14)16-9-11-6-4-5-7-12(11)17-3/h4-7,10H,8-9H2,1-3H3,(H3,14,15,16). The molecule has 0 radical (unpaired) electrons. The number of aliphatic imine (C=N–C) groups is 1. The van der Waals surface area contributed by atoms with Crippen LogP contribution in [0.1, 0.15) is 19.4 Å². The minimum Gasteiger partial charge on any atom is -0.496 e. The van der Waals surface area contributed by atoms with Crippen molar-refractivity contribution in [2.45, 2.75) is 20.4 Å². The fourth-order valence-corrected chi connectivity index (χ4v) is 1.37. The molecule has 1 rings (SSSR count). The monoisotopic (exact) mass is 235 g/mol. The van der Waals surface area contributed by atoms with E-state index in [4.69, 9.17) is 10.5 Å². The number of methoxy groups -OCH3 is 1. The predicted molar refractivity (Wildman–Crippen MR) is 71.2 cm³/mol. The largest absolute Gasteiger partial charge is 0.496 e. The fourth-order valence-electron chi connectivity index (χ4n) is 1.37. The molecule has 94 valence electrons. The van der Waals surface area contributed by atoms with E-state index in [0.29, 0.717) is 18.4 Å². The Hall–Kier alpha value is -1.71. The minimum absolute atomic E-state index is 0.476. The highest BCUT2D eigenvalue weighted by Crippen LogP contribution is 2.17. The third-order valence-corrected chi connectivity index (χ3v) is 2.30. The van der Waals surface area contributed by atoms with E-state index in [1.165, 1.54) is 0 Å². The van der Waals surface area contributed by atoms with Gasteiger partial charge in [-0.3, -0.25) is 0 Å². The molecular formula is C13H21N3O. The van der Waals surface area contributed by atoms with Gasteiger partial charge < -0.3 is 15.8 Å². The van der Waals surface area contributed by atoms with Crippen molar-refractivity contribution in [1.82, 2.24) is 5.32 Å². The minimum atomic E-state index is 0.476. The van der Waals surface area contributed by atoms with Gasteiger partial charge in [0, 0.05) is 12.1 Å². The number of hydrogen-bond acceptors (Lipinski definition) is 2. The second kappa shape index (κ2) is 6.78. The quantitative estimate of drug-likeness (QED) is 0.604. The van der Waals surface area contributed by atoms with Crippen molar-refractivity contribution in [3.8, 4) is 5.75 Å². The Kier molecular flexibility index (Phi) is 5.33. The van der Waals surface area contributed by atoms with Crippen LogP contribution in [0.15, 0.2) is 29.3 Å². The van der Waals surface area contributed by atoms with E-state index in [1.54, 1.807) is 7.11 Å². The molecule has 0 aliphatic heterocycles. The van der Waals surface area contributed by atoms with Gasteiger partial charge in [-0.05, 0) is 12.0 Å². The molecule has 0 fully saturated rings. The summed E-state index contributed by atoms with van der Waals surface area (Å²) < 4.78 is 5.25. The van der Waals surface area contributed by atoms with Gasteiger partial charge in [-0.2, -0.15) is 0 Å². The number of nitrogens with one attached hydrogen (secondary N) is 1. The zero-order valence-electron chi connectivity index (χ0n) is 10.7. The summed E-state index contributed by atoms with van der Waals surface area (Å²) in [5.74, 6) is 1.87. The third kappa shape index (κ3) is 4.76. The molecule has 0 heterocycles. The van der Waals surface area contributed by atoms with Crippen LogP contribution in [0.2, 0.25) is 0 Å². The molecule has 3 N–H and O–H groups in total. The van der Waals surface area contributed by atoms with Crippen LogP contribution in [-0.4, -0.2) is 19.6 Å². The highest BCUT2D eigenvalue weighted by molar-refractivity contribution is 5.77. The Morgan fingerprint density at radius 3 is 2.76 bits per heavy atom. The summed E-state index contributed by atoms with van der Waals surface area (Å²) in [6.45, 7) is 5.61. The van der Waals surface area contributed by atoms with Crippen LogP contribution in [0, 0.1) is 5.92 Å². The summed E-state index contributed by atoms with van der Waals surface area (Å²) in [5.41, 5.74) is 6.79. The normalized spacial score (nSPS) is 11.6. The Bertz CT molecular complexity index is 375. The summed E-state index contributed by atoms with van der Waals surface area (Å²) in [4.78, 5) is 4.28. The first-order valence-electron chi connectivity index (χ1n) is 5.79. The molecule has 4 nitrogen and oxygen atoms in total. The second-order valence-electron chi connectivity index (χ2n) is 4.29. The summed E-state index contributed by atoms with van der Waals surface area (Å²) >= 11 is 0. The Morgan fingerprint density at radius 1 is 1.41 bits per heavy atom. The van der Waals surface area contributed by atoms with Crippen molar-refractivity contribution < 1.29 is 4.74 Å². The van der Waals surface area contributed by atoms with E-state index in [2.05, 4.69) is 24.2 Å². The molecule has 0 saturated heterocycles. The molecule has 0 atom stereocenters. The lowest BCUT2D eigenvalue weighted by atomic mass is 10.2. The van der Waals surface area contributed by atoms with Gasteiger partial charge in [-0.15, -0.1) is 0 Å². The van der Waals surface area contributed by atoms with Gasteiger partial charge in [-0.25, -0.2) is 4.99 Å². The van der Waals surface area contributed by atoms with Crippen molar-refractivity contribution in [1.29, 1.82) is 0 Å². The highest BCUT2D eigenvalue weighted by atomic mass is 16.5. The Morgan fingerprint density at radius 2 is 2.12 bits per heavy atom. The topological polar surface area (TPSA) is 59.6 Å². The van der Waals surface area contributed by atoms with Gasteiger partial charge in [0.15, 0.2) is 5.96 Å². The molecule has 0 bridgehead atoms. The van der Waals surface area contributed by atoms with Crippen LogP contribution in [-0.2, 0) is 6.54 Å². The maximum Gasteiger partial charge on any atom is 0.188 e. The predicted octanol–water partition coefficient (Wildman–Crippen LogP) is 1.76. The summed E-state index contributed by atoms with van der Waals surface area (Å²) in [6, 6.07) is 7.80. The van der Waals surface area contributed by atoms with Gasteiger partial charge in [0.25, 0.3) is 0 Å². The number of hydrogen-bond donors (Lipinski definition) is 2. The van der Waals surface area contributed by atoms with Crippen LogP contribution in [0.3, 0.4) is 0 Å². The highest BCUT2D eigenvalue weighted by Gasteiger charge is 2.00. The number of nitrogens with zero attached hydrogens (tertiary/aromatic N) is 1. The summed E-state index contributed by atoms with van der Waals surface area (Å²) in [7, 11) is 1.66. The van der Waals surface area contributed by atoms with Crippen molar-refractivity contribution in [2.75, 3.05) is 13.7 Å². The Balaban J connectivity index is 2.56. The Labute approximate surface area is 103 Å². The summed E-state index contributed by atoms with van der Waals surface area (Å²) in [6.07, 6.45) is 0. The first kappa shape index (κ1) is 13.4. The average molecular weight is 235 g/mol. The number of rotatable bonds is 5. The second-order valence-corrected chi connectivity index (χ2v) is 4.29. The van der Waals surface area contributed by atoms with Crippen molar-refractivity contribution in [3.63, 3.8) is 0 Å². The molecule has 0 aliphatic carbocycles. The van der Waals surface area contributed by atoms with Crippen LogP contribution in [0.5, 0.6) is 5.75 Å². The maximum atomic E-state index is 5.76. The van der Waals surface area contributed by atoms with Gasteiger partial charge in [0.2, 0.25) is 0 Å². The van der Waals surface area contributed by atoms with Crippen LogP contribution in [0.25, 0.3) is 0 Å². The van der Waals surface area contributed by atoms with Crippen LogP contribution >= 0.6 is 0 Å². The molecule has 0 unspecified atom stereocenters.